The first-order valence-corrected chi connectivity index (χ1v) is 11.4. The Balaban J connectivity index is 1.86. The lowest BCUT2D eigenvalue weighted by atomic mass is 9.96. The van der Waals surface area contributed by atoms with Gasteiger partial charge in [-0.05, 0) is 43.2 Å². The molecule has 1 aliphatic heterocycles. The highest BCUT2D eigenvalue weighted by Gasteiger charge is 2.33. The van der Waals surface area contributed by atoms with Gasteiger partial charge >= 0.3 is 5.97 Å². The van der Waals surface area contributed by atoms with Crippen LogP contribution in [-0.4, -0.2) is 17.1 Å². The van der Waals surface area contributed by atoms with Crippen LogP contribution in [0.2, 0.25) is 5.02 Å². The predicted octanol–water partition coefficient (Wildman–Crippen LogP) is 4.12. The van der Waals surface area contributed by atoms with E-state index in [9.17, 15) is 9.59 Å². The first-order chi connectivity index (χ1) is 15.5. The van der Waals surface area contributed by atoms with Crippen molar-refractivity contribution in [3.8, 4) is 0 Å². The van der Waals surface area contributed by atoms with Gasteiger partial charge in [0.05, 0.1) is 28.5 Å². The lowest BCUT2D eigenvalue weighted by Crippen LogP contribution is -2.39. The monoisotopic (exact) mass is 464 g/mol. The summed E-state index contributed by atoms with van der Waals surface area (Å²) in [6, 6.07) is 16.3. The Hall–Kier alpha value is -3.22. The summed E-state index contributed by atoms with van der Waals surface area (Å²) >= 11 is 7.36. The number of aromatic nitrogens is 1. The van der Waals surface area contributed by atoms with E-state index in [2.05, 4.69) is 4.99 Å². The van der Waals surface area contributed by atoms with Crippen LogP contribution in [0.3, 0.4) is 0 Å². The van der Waals surface area contributed by atoms with Crippen LogP contribution in [-0.2, 0) is 9.53 Å². The molecule has 1 atom stereocenters. The van der Waals surface area contributed by atoms with Crippen molar-refractivity contribution >= 4 is 41.1 Å². The molecule has 1 aliphatic rings. The van der Waals surface area contributed by atoms with Gasteiger partial charge in [-0.2, -0.15) is 0 Å². The van der Waals surface area contributed by atoms with E-state index in [1.54, 1.807) is 36.6 Å². The number of fused-ring (bicyclic) bond motifs is 1. The van der Waals surface area contributed by atoms with Gasteiger partial charge < -0.3 is 4.74 Å². The lowest BCUT2D eigenvalue weighted by Gasteiger charge is -2.24. The molecule has 2 aromatic carbocycles. The zero-order valence-corrected chi connectivity index (χ0v) is 19.2. The van der Waals surface area contributed by atoms with E-state index >= 15 is 0 Å². The number of rotatable bonds is 5. The fourth-order valence-corrected chi connectivity index (χ4v) is 4.70. The lowest BCUT2D eigenvalue weighted by molar-refractivity contribution is -0.139. The summed E-state index contributed by atoms with van der Waals surface area (Å²) in [4.78, 5) is 31.3. The number of carbonyl (C=O) groups excluding carboxylic acids is 1. The molecule has 0 spiro atoms. The topological polar surface area (TPSA) is 60.7 Å². The normalized spacial score (nSPS) is 16.2. The van der Waals surface area contributed by atoms with E-state index in [0.29, 0.717) is 25.6 Å². The van der Waals surface area contributed by atoms with E-state index in [-0.39, 0.29) is 12.2 Å². The van der Waals surface area contributed by atoms with Crippen LogP contribution in [0.5, 0.6) is 0 Å². The molecule has 0 fully saturated rings. The van der Waals surface area contributed by atoms with Gasteiger partial charge in [0.2, 0.25) is 0 Å². The van der Waals surface area contributed by atoms with Crippen molar-refractivity contribution < 1.29 is 9.53 Å². The zero-order valence-electron chi connectivity index (χ0n) is 17.6. The van der Waals surface area contributed by atoms with Gasteiger partial charge in [-0.25, -0.2) is 9.79 Å². The van der Waals surface area contributed by atoms with E-state index < -0.39 is 12.0 Å². The van der Waals surface area contributed by atoms with Crippen LogP contribution in [0.4, 0.5) is 0 Å². The summed E-state index contributed by atoms with van der Waals surface area (Å²) in [5, 5.41) is 0.575. The number of hydrogen-bond acceptors (Lipinski definition) is 5. The second-order valence-electron chi connectivity index (χ2n) is 7.15. The third kappa shape index (κ3) is 4.38. The highest BCUT2D eigenvalue weighted by Crippen LogP contribution is 2.31. The van der Waals surface area contributed by atoms with E-state index in [0.717, 1.165) is 11.1 Å². The van der Waals surface area contributed by atoms with E-state index in [1.807, 2.05) is 54.6 Å². The second-order valence-corrected chi connectivity index (χ2v) is 8.59. The molecule has 7 heteroatoms. The molecule has 0 radical (unpaired) electrons. The van der Waals surface area contributed by atoms with E-state index in [1.165, 1.54) is 11.3 Å². The molecule has 0 amide bonds. The van der Waals surface area contributed by atoms with Crippen molar-refractivity contribution in [3.05, 3.63) is 108 Å². The van der Waals surface area contributed by atoms with Gasteiger partial charge in [-0.1, -0.05) is 77.6 Å². The zero-order chi connectivity index (χ0) is 22.7. The molecule has 5 nitrogen and oxygen atoms in total. The van der Waals surface area contributed by atoms with Crippen LogP contribution in [0, 0.1) is 0 Å². The van der Waals surface area contributed by atoms with Crippen LogP contribution in [0.25, 0.3) is 12.2 Å². The van der Waals surface area contributed by atoms with E-state index in [4.69, 9.17) is 16.3 Å². The maximum Gasteiger partial charge on any atom is 0.338 e. The van der Waals surface area contributed by atoms with Gasteiger partial charge in [0.15, 0.2) is 4.80 Å². The van der Waals surface area contributed by atoms with Crippen LogP contribution in [0.15, 0.2) is 81.7 Å². The Morgan fingerprint density at radius 2 is 1.91 bits per heavy atom. The van der Waals surface area contributed by atoms with Gasteiger partial charge in [-0.3, -0.25) is 9.36 Å². The van der Waals surface area contributed by atoms with Crippen molar-refractivity contribution in [1.82, 2.24) is 4.57 Å². The number of hydrogen-bond donors (Lipinski definition) is 0. The first kappa shape index (κ1) is 22.0. The highest BCUT2D eigenvalue weighted by molar-refractivity contribution is 7.07. The van der Waals surface area contributed by atoms with Gasteiger partial charge in [-0.15, -0.1) is 0 Å². The quantitative estimate of drug-likeness (QED) is 0.534. The Labute approximate surface area is 194 Å². The van der Waals surface area contributed by atoms with Gasteiger partial charge in [0, 0.05) is 5.02 Å². The number of halogens is 1. The molecule has 32 heavy (non-hydrogen) atoms. The maximum absolute atomic E-state index is 13.4. The molecule has 0 saturated heterocycles. The molecule has 2 heterocycles. The first-order valence-electron chi connectivity index (χ1n) is 10.2. The minimum absolute atomic E-state index is 0.208. The van der Waals surface area contributed by atoms with Crippen molar-refractivity contribution in [2.45, 2.75) is 19.9 Å². The van der Waals surface area contributed by atoms with Crippen LogP contribution < -0.4 is 14.9 Å². The summed E-state index contributed by atoms with van der Waals surface area (Å²) in [7, 11) is 0. The summed E-state index contributed by atoms with van der Waals surface area (Å²) in [5.41, 5.74) is 2.49. The summed E-state index contributed by atoms with van der Waals surface area (Å²) in [5.74, 6) is -0.480. The molecule has 1 aromatic heterocycles. The minimum Gasteiger partial charge on any atom is -0.463 e. The smallest absolute Gasteiger partial charge is 0.338 e. The molecule has 1 unspecified atom stereocenters. The molecular weight excluding hydrogens is 444 g/mol. The summed E-state index contributed by atoms with van der Waals surface area (Å²) < 4.78 is 7.39. The van der Waals surface area contributed by atoms with Crippen molar-refractivity contribution in [2.24, 2.45) is 4.99 Å². The summed E-state index contributed by atoms with van der Waals surface area (Å²) in [6.07, 6.45) is 5.56. The highest BCUT2D eigenvalue weighted by atomic mass is 35.5. The average Bonchev–Trinajstić information content (AvgIpc) is 3.09. The largest absolute Gasteiger partial charge is 0.463 e. The number of thiazole rings is 1. The SMILES string of the molecule is CCOC(=O)C1=C(C)N=c2sc(=C/C=C\c3ccccc3)c(=O)n2C1c1ccc(Cl)cc1. The van der Waals surface area contributed by atoms with Crippen molar-refractivity contribution in [1.29, 1.82) is 0 Å². The minimum atomic E-state index is -0.636. The third-order valence-electron chi connectivity index (χ3n) is 5.04. The number of carbonyl (C=O) groups is 1. The van der Waals surface area contributed by atoms with Gasteiger partial charge in [0.25, 0.3) is 5.56 Å². The molecule has 4 rings (SSSR count). The Bertz CT molecular complexity index is 1380. The van der Waals surface area contributed by atoms with Crippen LogP contribution in [0.1, 0.15) is 31.0 Å². The molecule has 0 N–H and O–H groups in total. The molecule has 0 bridgehead atoms. The fraction of sp³-hybridized carbons (Fsp3) is 0.160. The number of benzene rings is 2. The standard InChI is InChI=1S/C25H21ClN2O3S/c1-3-31-24(30)21-16(2)27-25-28(22(21)18-12-14-19(26)15-13-18)23(29)20(32-25)11-7-10-17-8-5-4-6-9-17/h4-15,22H,3H2,1-2H3/b10-7-,20-11?. The fourth-order valence-electron chi connectivity index (χ4n) is 3.58. The number of allylic oxidation sites excluding steroid dienone is 2. The maximum atomic E-state index is 13.4. The molecule has 162 valence electrons. The summed E-state index contributed by atoms with van der Waals surface area (Å²) in [6.45, 7) is 3.75. The second kappa shape index (κ2) is 9.51. The van der Waals surface area contributed by atoms with Crippen LogP contribution >= 0.6 is 22.9 Å². The molecule has 0 aliphatic carbocycles. The number of esters is 1. The number of nitrogens with zero attached hydrogens (tertiary/aromatic N) is 2. The average molecular weight is 465 g/mol. The molecule has 3 aromatic rings. The Kier molecular flexibility index (Phi) is 6.53. The van der Waals surface area contributed by atoms with Gasteiger partial charge in [0.1, 0.15) is 0 Å². The Morgan fingerprint density at radius 3 is 2.59 bits per heavy atom. The van der Waals surface area contributed by atoms with Crippen molar-refractivity contribution in [3.63, 3.8) is 0 Å². The van der Waals surface area contributed by atoms with Crippen molar-refractivity contribution in [2.75, 3.05) is 6.61 Å². The Morgan fingerprint density at radius 1 is 1.19 bits per heavy atom. The third-order valence-corrected chi connectivity index (χ3v) is 6.29. The molecule has 0 saturated carbocycles. The molecular formula is C25H21ClN2O3S. The predicted molar refractivity (Wildman–Crippen MR) is 128 cm³/mol. The number of ether oxygens (including phenoxy) is 1.